The van der Waals surface area contributed by atoms with E-state index < -0.39 is 6.04 Å². The lowest BCUT2D eigenvalue weighted by Gasteiger charge is -2.31. The Morgan fingerprint density at radius 1 is 1.39 bits per heavy atom. The Labute approximate surface area is 143 Å². The molecule has 0 spiro atoms. The molecule has 0 aromatic heterocycles. The van der Waals surface area contributed by atoms with Gasteiger partial charge in [-0.25, -0.2) is 4.39 Å². The van der Waals surface area contributed by atoms with Gasteiger partial charge in [0.15, 0.2) is 0 Å². The van der Waals surface area contributed by atoms with Gasteiger partial charge in [0.1, 0.15) is 11.9 Å². The second-order valence-electron chi connectivity index (χ2n) is 5.87. The molecule has 1 amide bonds. The third-order valence-corrected chi connectivity index (χ3v) is 4.29. The van der Waals surface area contributed by atoms with Crippen LogP contribution >= 0.6 is 12.4 Å². The van der Waals surface area contributed by atoms with Gasteiger partial charge in [-0.3, -0.25) is 4.79 Å². The van der Waals surface area contributed by atoms with Crippen molar-refractivity contribution in [3.05, 3.63) is 35.6 Å². The first-order chi connectivity index (χ1) is 10.6. The molecule has 0 aliphatic heterocycles. The van der Waals surface area contributed by atoms with Crippen LogP contribution in [-0.2, 0) is 16.0 Å². The van der Waals surface area contributed by atoms with Crippen molar-refractivity contribution in [2.45, 2.75) is 44.2 Å². The van der Waals surface area contributed by atoms with Crippen molar-refractivity contribution in [1.82, 2.24) is 4.90 Å². The number of carbonyl (C=O) groups is 1. The first kappa shape index (κ1) is 19.9. The van der Waals surface area contributed by atoms with Gasteiger partial charge < -0.3 is 15.4 Å². The van der Waals surface area contributed by atoms with E-state index >= 15 is 0 Å². The van der Waals surface area contributed by atoms with E-state index in [2.05, 4.69) is 0 Å². The molecule has 0 bridgehead atoms. The van der Waals surface area contributed by atoms with E-state index in [4.69, 9.17) is 10.5 Å². The zero-order chi connectivity index (χ0) is 15.9. The van der Waals surface area contributed by atoms with Gasteiger partial charge in [0, 0.05) is 19.7 Å². The number of benzene rings is 1. The molecule has 2 rings (SSSR count). The number of hydrogen-bond donors (Lipinski definition) is 1. The normalized spacial score (nSPS) is 16.0. The first-order valence-electron chi connectivity index (χ1n) is 7.92. The fourth-order valence-corrected chi connectivity index (χ4v) is 3.09. The van der Waals surface area contributed by atoms with E-state index in [0.29, 0.717) is 18.5 Å². The Morgan fingerprint density at radius 2 is 2.04 bits per heavy atom. The maximum absolute atomic E-state index is 13.7. The minimum Gasteiger partial charge on any atom is -0.383 e. The molecule has 4 nitrogen and oxygen atoms in total. The number of halogens is 2. The number of amides is 1. The van der Waals surface area contributed by atoms with Crippen molar-refractivity contribution in [3.8, 4) is 0 Å². The quantitative estimate of drug-likeness (QED) is 0.827. The highest BCUT2D eigenvalue weighted by molar-refractivity contribution is 5.85. The molecule has 1 fully saturated rings. The summed E-state index contributed by atoms with van der Waals surface area (Å²) in [6.07, 6.45) is 4.78. The Bertz CT molecular complexity index is 495. The Morgan fingerprint density at radius 3 is 2.65 bits per heavy atom. The lowest BCUT2D eigenvalue weighted by molar-refractivity contribution is -0.136. The summed E-state index contributed by atoms with van der Waals surface area (Å²) >= 11 is 0. The SMILES string of the molecule is COCC(N)C(=O)N(CCc1ccccc1F)C1CCCC1.Cl. The number of hydrogen-bond acceptors (Lipinski definition) is 3. The molecule has 0 radical (unpaired) electrons. The lowest BCUT2D eigenvalue weighted by Crippen LogP contribution is -2.50. The summed E-state index contributed by atoms with van der Waals surface area (Å²) in [7, 11) is 1.53. The maximum Gasteiger partial charge on any atom is 0.242 e. The average molecular weight is 345 g/mol. The number of carbonyl (C=O) groups excluding carboxylic acids is 1. The van der Waals surface area contributed by atoms with Crippen molar-refractivity contribution in [1.29, 1.82) is 0 Å². The largest absolute Gasteiger partial charge is 0.383 e. The summed E-state index contributed by atoms with van der Waals surface area (Å²) in [5.41, 5.74) is 6.54. The van der Waals surface area contributed by atoms with Crippen molar-refractivity contribution in [2.75, 3.05) is 20.3 Å². The van der Waals surface area contributed by atoms with Crippen LogP contribution in [0.3, 0.4) is 0 Å². The molecule has 130 valence electrons. The first-order valence-corrected chi connectivity index (χ1v) is 7.92. The number of nitrogens with zero attached hydrogens (tertiary/aromatic N) is 1. The molecule has 1 aliphatic rings. The van der Waals surface area contributed by atoms with Gasteiger partial charge in [0.2, 0.25) is 5.91 Å². The smallest absolute Gasteiger partial charge is 0.242 e. The Balaban J connectivity index is 0.00000264. The van der Waals surface area contributed by atoms with Crippen molar-refractivity contribution >= 4 is 18.3 Å². The van der Waals surface area contributed by atoms with Gasteiger partial charge in [-0.15, -0.1) is 12.4 Å². The van der Waals surface area contributed by atoms with E-state index in [1.165, 1.54) is 13.2 Å². The van der Waals surface area contributed by atoms with E-state index in [1.807, 2.05) is 11.0 Å². The number of methoxy groups -OCH3 is 1. The summed E-state index contributed by atoms with van der Waals surface area (Å²) in [5, 5.41) is 0. The lowest BCUT2D eigenvalue weighted by atomic mass is 10.1. The number of ether oxygens (including phenoxy) is 1. The second kappa shape index (κ2) is 9.85. The molecule has 1 aromatic carbocycles. The zero-order valence-electron chi connectivity index (χ0n) is 13.5. The van der Waals surface area contributed by atoms with Gasteiger partial charge >= 0.3 is 0 Å². The molecule has 6 heteroatoms. The van der Waals surface area contributed by atoms with Gasteiger partial charge in [-0.05, 0) is 30.9 Å². The van der Waals surface area contributed by atoms with Crippen LogP contribution in [0.5, 0.6) is 0 Å². The molecular formula is C17H26ClFN2O2. The van der Waals surface area contributed by atoms with Crippen LogP contribution in [0, 0.1) is 5.82 Å². The molecule has 1 unspecified atom stereocenters. The minimum atomic E-state index is -0.647. The second-order valence-corrected chi connectivity index (χ2v) is 5.87. The zero-order valence-corrected chi connectivity index (χ0v) is 14.4. The molecule has 1 aliphatic carbocycles. The van der Waals surface area contributed by atoms with Crippen molar-refractivity contribution < 1.29 is 13.9 Å². The fraction of sp³-hybridized carbons (Fsp3) is 0.588. The van der Waals surface area contributed by atoms with Gasteiger partial charge in [-0.2, -0.15) is 0 Å². The van der Waals surface area contributed by atoms with E-state index in [0.717, 1.165) is 25.7 Å². The monoisotopic (exact) mass is 344 g/mol. The molecule has 0 saturated heterocycles. The highest BCUT2D eigenvalue weighted by atomic mass is 35.5. The van der Waals surface area contributed by atoms with Crippen molar-refractivity contribution in [2.24, 2.45) is 5.73 Å². The Hall–Kier alpha value is -1.17. The summed E-state index contributed by atoms with van der Waals surface area (Å²) in [6.45, 7) is 0.712. The molecule has 23 heavy (non-hydrogen) atoms. The highest BCUT2D eigenvalue weighted by Crippen LogP contribution is 2.24. The molecular weight excluding hydrogens is 319 g/mol. The van der Waals surface area contributed by atoms with Crippen LogP contribution < -0.4 is 5.73 Å². The summed E-state index contributed by atoms with van der Waals surface area (Å²) < 4.78 is 18.7. The minimum absolute atomic E-state index is 0. The topological polar surface area (TPSA) is 55.6 Å². The molecule has 1 atom stereocenters. The summed E-state index contributed by atoms with van der Waals surface area (Å²) in [4.78, 5) is 14.4. The van der Waals surface area contributed by atoms with Crippen LogP contribution in [-0.4, -0.2) is 43.2 Å². The van der Waals surface area contributed by atoms with Crippen LogP contribution in [0.2, 0.25) is 0 Å². The fourth-order valence-electron chi connectivity index (χ4n) is 3.09. The summed E-state index contributed by atoms with van der Waals surface area (Å²) in [5.74, 6) is -0.312. The third-order valence-electron chi connectivity index (χ3n) is 4.29. The molecule has 1 saturated carbocycles. The predicted octanol–water partition coefficient (Wildman–Crippen LogP) is 2.53. The van der Waals surface area contributed by atoms with E-state index in [9.17, 15) is 9.18 Å². The van der Waals surface area contributed by atoms with E-state index in [-0.39, 0.29) is 36.8 Å². The van der Waals surface area contributed by atoms with Crippen molar-refractivity contribution in [3.63, 3.8) is 0 Å². The van der Waals surface area contributed by atoms with Gasteiger partial charge in [0.05, 0.1) is 6.61 Å². The predicted molar refractivity (Wildman–Crippen MR) is 91.2 cm³/mol. The maximum atomic E-state index is 13.7. The number of nitrogens with two attached hydrogens (primary N) is 1. The van der Waals surface area contributed by atoms with Crippen LogP contribution in [0.1, 0.15) is 31.2 Å². The van der Waals surface area contributed by atoms with Gasteiger partial charge in [-0.1, -0.05) is 31.0 Å². The standard InChI is InChI=1S/C17H25FN2O2.ClH/c1-22-12-16(19)17(21)20(14-7-3-4-8-14)11-10-13-6-2-5-9-15(13)18;/h2,5-6,9,14,16H,3-4,7-8,10-12,19H2,1H3;1H. The molecule has 1 aromatic rings. The van der Waals surface area contributed by atoms with Crippen LogP contribution in [0.25, 0.3) is 0 Å². The third kappa shape index (κ3) is 5.44. The summed E-state index contributed by atoms with van der Waals surface area (Å²) in [6, 6.07) is 6.29. The average Bonchev–Trinajstić information content (AvgIpc) is 3.03. The van der Waals surface area contributed by atoms with Gasteiger partial charge in [0.25, 0.3) is 0 Å². The molecule has 0 heterocycles. The van der Waals surface area contributed by atoms with E-state index in [1.54, 1.807) is 12.1 Å². The Kier molecular flexibility index (Phi) is 8.52. The van der Waals surface area contributed by atoms with Crippen LogP contribution in [0.4, 0.5) is 4.39 Å². The van der Waals surface area contributed by atoms with Crippen LogP contribution in [0.15, 0.2) is 24.3 Å². The number of rotatable bonds is 7. The highest BCUT2D eigenvalue weighted by Gasteiger charge is 2.29. The molecule has 2 N–H and O–H groups in total.